The largest absolute Gasteiger partial charge is 0.351 e. The smallest absolute Gasteiger partial charge is 0.261 e. The molecule has 0 saturated carbocycles. The van der Waals surface area contributed by atoms with Crippen molar-refractivity contribution in [3.63, 3.8) is 0 Å². The van der Waals surface area contributed by atoms with Gasteiger partial charge in [0.15, 0.2) is 0 Å². The van der Waals surface area contributed by atoms with Gasteiger partial charge in [-0.3, -0.25) is 4.79 Å². The summed E-state index contributed by atoms with van der Waals surface area (Å²) in [5.74, 6) is 0.0832. The van der Waals surface area contributed by atoms with Crippen LogP contribution >= 0.6 is 11.3 Å². The van der Waals surface area contributed by atoms with Crippen LogP contribution in [-0.2, 0) is 0 Å². The lowest BCUT2D eigenvalue weighted by atomic mass is 10.1. The number of amides is 1. The summed E-state index contributed by atoms with van der Waals surface area (Å²) in [7, 11) is 0. The highest BCUT2D eigenvalue weighted by Gasteiger charge is 2.11. The van der Waals surface area contributed by atoms with Crippen LogP contribution < -0.4 is 5.32 Å². The summed E-state index contributed by atoms with van der Waals surface area (Å²) in [4.78, 5) is 16.5. The van der Waals surface area contributed by atoms with Crippen LogP contribution in [0.3, 0.4) is 0 Å². The highest BCUT2D eigenvalue weighted by atomic mass is 32.1. The Balaban J connectivity index is 1.66. The summed E-state index contributed by atoms with van der Waals surface area (Å²) >= 11 is 1.59. The van der Waals surface area contributed by atoms with Crippen molar-refractivity contribution in [3.8, 4) is 0 Å². The van der Waals surface area contributed by atoms with Crippen molar-refractivity contribution >= 4 is 17.2 Å². The normalized spacial score (nSPS) is 16.5. The molecule has 0 spiro atoms. The third-order valence-corrected chi connectivity index (χ3v) is 4.93. The molecule has 1 fully saturated rings. The van der Waals surface area contributed by atoms with Gasteiger partial charge in [0.1, 0.15) is 0 Å². The van der Waals surface area contributed by atoms with E-state index >= 15 is 0 Å². The van der Waals surface area contributed by atoms with E-state index in [1.165, 1.54) is 42.8 Å². The quantitative estimate of drug-likeness (QED) is 0.841. The average Bonchev–Trinajstić information content (AvgIpc) is 2.76. The Kier molecular flexibility index (Phi) is 5.40. The molecule has 0 aliphatic carbocycles. The molecule has 106 valence electrons. The fraction of sp³-hybridized carbons (Fsp3) is 0.667. The van der Waals surface area contributed by atoms with Crippen LogP contribution in [0.5, 0.6) is 0 Å². The van der Waals surface area contributed by atoms with Crippen LogP contribution in [0.4, 0.5) is 0 Å². The lowest BCUT2D eigenvalue weighted by Gasteiger charge is -2.26. The molecule has 1 N–H and O–H groups in total. The van der Waals surface area contributed by atoms with Crippen molar-refractivity contribution < 1.29 is 4.79 Å². The van der Waals surface area contributed by atoms with Gasteiger partial charge in [0.2, 0.25) is 0 Å². The predicted octanol–water partition coefficient (Wildman–Crippen LogP) is 2.97. The first kappa shape index (κ1) is 14.5. The molecule has 1 aromatic heterocycles. The van der Waals surface area contributed by atoms with Gasteiger partial charge in [0.25, 0.3) is 5.91 Å². The summed E-state index contributed by atoms with van der Waals surface area (Å²) in [5.41, 5.74) is 1.21. The van der Waals surface area contributed by atoms with Gasteiger partial charge in [0.05, 0.1) is 4.88 Å². The Morgan fingerprint density at radius 3 is 2.68 bits per heavy atom. The van der Waals surface area contributed by atoms with Crippen LogP contribution in [0.2, 0.25) is 0 Å². The maximum atomic E-state index is 11.9. The molecular formula is C15H24N2OS. The molecule has 2 rings (SSSR count). The number of hydrogen-bond donors (Lipinski definition) is 1. The van der Waals surface area contributed by atoms with Crippen molar-refractivity contribution in [1.82, 2.24) is 10.2 Å². The number of likely N-dealkylation sites (tertiary alicyclic amines) is 1. The highest BCUT2D eigenvalue weighted by molar-refractivity contribution is 7.14. The number of carbonyl (C=O) groups excluding carboxylic acids is 1. The number of aryl methyl sites for hydroxylation is 2. The number of carbonyl (C=O) groups is 1. The SMILES string of the molecule is Cc1cc(C(=O)NCCCN2CCCCC2)sc1C. The Labute approximate surface area is 120 Å². The lowest BCUT2D eigenvalue weighted by molar-refractivity contribution is 0.0955. The zero-order valence-electron chi connectivity index (χ0n) is 12.0. The Hall–Kier alpha value is -0.870. The minimum Gasteiger partial charge on any atom is -0.351 e. The lowest BCUT2D eigenvalue weighted by Crippen LogP contribution is -2.33. The number of rotatable bonds is 5. The van der Waals surface area contributed by atoms with Gasteiger partial charge in [-0.25, -0.2) is 0 Å². The summed E-state index contributed by atoms with van der Waals surface area (Å²) in [6, 6.07) is 1.99. The van der Waals surface area contributed by atoms with E-state index in [0.29, 0.717) is 0 Å². The molecule has 1 aliphatic rings. The number of nitrogens with one attached hydrogen (secondary N) is 1. The molecule has 0 radical (unpaired) electrons. The van der Waals surface area contributed by atoms with Crippen LogP contribution in [-0.4, -0.2) is 37.0 Å². The predicted molar refractivity (Wildman–Crippen MR) is 81.0 cm³/mol. The minimum atomic E-state index is 0.0832. The molecule has 1 aromatic rings. The van der Waals surface area contributed by atoms with E-state index in [0.717, 1.165) is 24.4 Å². The van der Waals surface area contributed by atoms with Crippen molar-refractivity contribution in [3.05, 3.63) is 21.4 Å². The number of thiophene rings is 1. The van der Waals surface area contributed by atoms with Gasteiger partial charge in [0, 0.05) is 11.4 Å². The van der Waals surface area contributed by atoms with Crippen LogP contribution in [0.1, 0.15) is 45.8 Å². The first-order chi connectivity index (χ1) is 9.16. The second kappa shape index (κ2) is 7.06. The van der Waals surface area contributed by atoms with Crippen molar-refractivity contribution in [1.29, 1.82) is 0 Å². The van der Waals surface area contributed by atoms with E-state index in [2.05, 4.69) is 24.1 Å². The standard InChI is InChI=1S/C15H24N2OS/c1-12-11-14(19-13(12)2)15(18)16-7-6-10-17-8-4-3-5-9-17/h11H,3-10H2,1-2H3,(H,16,18). The molecule has 0 aromatic carbocycles. The summed E-state index contributed by atoms with van der Waals surface area (Å²) in [6.07, 6.45) is 5.10. The van der Waals surface area contributed by atoms with Gasteiger partial charge in [-0.15, -0.1) is 11.3 Å². The Morgan fingerprint density at radius 2 is 2.05 bits per heavy atom. The van der Waals surface area contributed by atoms with E-state index in [1.54, 1.807) is 11.3 Å². The summed E-state index contributed by atoms with van der Waals surface area (Å²) < 4.78 is 0. The third-order valence-electron chi connectivity index (χ3n) is 3.78. The van der Waals surface area contributed by atoms with Gasteiger partial charge in [-0.05, 0) is 64.4 Å². The number of piperidine rings is 1. The van der Waals surface area contributed by atoms with E-state index in [9.17, 15) is 4.79 Å². The fourth-order valence-electron chi connectivity index (χ4n) is 2.46. The molecule has 1 aliphatic heterocycles. The van der Waals surface area contributed by atoms with Gasteiger partial charge in [-0.1, -0.05) is 6.42 Å². The first-order valence-corrected chi connectivity index (χ1v) is 8.06. The zero-order chi connectivity index (χ0) is 13.7. The average molecular weight is 280 g/mol. The molecule has 19 heavy (non-hydrogen) atoms. The molecule has 0 atom stereocenters. The minimum absolute atomic E-state index is 0.0832. The molecule has 1 amide bonds. The van der Waals surface area contributed by atoms with Crippen molar-refractivity contribution in [2.75, 3.05) is 26.2 Å². The van der Waals surface area contributed by atoms with Gasteiger partial charge >= 0.3 is 0 Å². The second-order valence-electron chi connectivity index (χ2n) is 5.36. The van der Waals surface area contributed by atoms with E-state index in [-0.39, 0.29) is 5.91 Å². The summed E-state index contributed by atoms with van der Waals surface area (Å²) in [5, 5.41) is 3.02. The molecular weight excluding hydrogens is 256 g/mol. The molecule has 0 unspecified atom stereocenters. The van der Waals surface area contributed by atoms with E-state index < -0.39 is 0 Å². The van der Waals surface area contributed by atoms with E-state index in [1.807, 2.05) is 6.07 Å². The monoisotopic (exact) mass is 280 g/mol. The second-order valence-corrected chi connectivity index (χ2v) is 6.62. The summed E-state index contributed by atoms with van der Waals surface area (Å²) in [6.45, 7) is 8.48. The number of hydrogen-bond acceptors (Lipinski definition) is 3. The molecule has 2 heterocycles. The maximum Gasteiger partial charge on any atom is 0.261 e. The molecule has 4 heteroatoms. The van der Waals surface area contributed by atoms with Crippen LogP contribution in [0, 0.1) is 13.8 Å². The number of nitrogens with zero attached hydrogens (tertiary/aromatic N) is 1. The molecule has 0 bridgehead atoms. The molecule has 3 nitrogen and oxygen atoms in total. The zero-order valence-corrected chi connectivity index (χ0v) is 12.8. The van der Waals surface area contributed by atoms with Crippen molar-refractivity contribution in [2.24, 2.45) is 0 Å². The van der Waals surface area contributed by atoms with Crippen molar-refractivity contribution in [2.45, 2.75) is 39.5 Å². The van der Waals surface area contributed by atoms with Gasteiger partial charge in [-0.2, -0.15) is 0 Å². The first-order valence-electron chi connectivity index (χ1n) is 7.24. The van der Waals surface area contributed by atoms with Crippen LogP contribution in [0.15, 0.2) is 6.07 Å². The maximum absolute atomic E-state index is 11.9. The van der Waals surface area contributed by atoms with E-state index in [4.69, 9.17) is 0 Å². The third kappa shape index (κ3) is 4.32. The van der Waals surface area contributed by atoms with Crippen LogP contribution in [0.25, 0.3) is 0 Å². The highest BCUT2D eigenvalue weighted by Crippen LogP contribution is 2.20. The fourth-order valence-corrected chi connectivity index (χ4v) is 3.41. The molecule has 1 saturated heterocycles. The Bertz CT molecular complexity index is 402. The van der Waals surface area contributed by atoms with Gasteiger partial charge < -0.3 is 10.2 Å². The Morgan fingerprint density at radius 1 is 1.32 bits per heavy atom. The topological polar surface area (TPSA) is 32.3 Å².